The van der Waals surface area contributed by atoms with Gasteiger partial charge in [-0.2, -0.15) is 5.10 Å². The molecule has 4 nitrogen and oxygen atoms in total. The summed E-state index contributed by atoms with van der Waals surface area (Å²) < 4.78 is 0. The van der Waals surface area contributed by atoms with Crippen molar-refractivity contribution in [2.75, 3.05) is 6.67 Å². The number of nitrogens with zero attached hydrogens (tertiary/aromatic N) is 2. The molecule has 0 aromatic heterocycles. The monoisotopic (exact) mass is 128 g/mol. The van der Waals surface area contributed by atoms with Crippen molar-refractivity contribution in [3.8, 4) is 0 Å². The van der Waals surface area contributed by atoms with Gasteiger partial charge in [-0.05, 0) is 6.42 Å². The van der Waals surface area contributed by atoms with Crippen LogP contribution in [0.25, 0.3) is 0 Å². The smallest absolute Gasteiger partial charge is 0.140 e. The highest BCUT2D eigenvalue weighted by Gasteiger charge is 2.10. The number of hydrogen-bond acceptors (Lipinski definition) is 4. The first-order valence-corrected chi connectivity index (χ1v) is 3.16. The van der Waals surface area contributed by atoms with Crippen LogP contribution >= 0.6 is 0 Å². The highest BCUT2D eigenvalue weighted by molar-refractivity contribution is 5.82. The van der Waals surface area contributed by atoms with Crippen LogP contribution in [-0.2, 0) is 0 Å². The molecule has 1 aliphatic rings. The molecule has 1 rings (SSSR count). The molecule has 3 N–H and O–H groups in total. The van der Waals surface area contributed by atoms with Crippen molar-refractivity contribution in [2.45, 2.75) is 19.8 Å². The van der Waals surface area contributed by atoms with Gasteiger partial charge < -0.3 is 0 Å². The lowest BCUT2D eigenvalue weighted by Gasteiger charge is -2.09. The number of nitrogens with two attached hydrogens (primary N) is 1. The molecule has 0 spiro atoms. The Hall–Kier alpha value is -0.770. The molecule has 0 bridgehead atoms. The zero-order valence-electron chi connectivity index (χ0n) is 5.59. The molecule has 1 heterocycles. The van der Waals surface area contributed by atoms with E-state index in [1.165, 1.54) is 0 Å². The topological polar surface area (TPSA) is 53.7 Å². The Morgan fingerprint density at radius 2 is 2.67 bits per heavy atom. The maximum Gasteiger partial charge on any atom is 0.140 e. The normalized spacial score (nSPS) is 17.6. The second-order valence-corrected chi connectivity index (χ2v) is 2.06. The summed E-state index contributed by atoms with van der Waals surface area (Å²) in [5, 5.41) is 5.60. The van der Waals surface area contributed by atoms with E-state index in [1.54, 1.807) is 5.01 Å². The lowest BCUT2D eigenvalue weighted by atomic mass is 10.3. The summed E-state index contributed by atoms with van der Waals surface area (Å²) in [7, 11) is 0. The van der Waals surface area contributed by atoms with Crippen LogP contribution in [0, 0.1) is 0 Å². The quantitative estimate of drug-likeness (QED) is 0.508. The van der Waals surface area contributed by atoms with Crippen LogP contribution in [0.5, 0.6) is 0 Å². The number of hydrogen-bond donors (Lipinski definition) is 2. The van der Waals surface area contributed by atoms with Gasteiger partial charge in [0, 0.05) is 6.42 Å². The van der Waals surface area contributed by atoms with Crippen LogP contribution in [-0.4, -0.2) is 17.5 Å². The molecule has 0 aromatic carbocycles. The molecule has 1 aliphatic heterocycles. The Bertz CT molecular complexity index is 120. The van der Waals surface area contributed by atoms with E-state index in [0.29, 0.717) is 6.67 Å². The van der Waals surface area contributed by atoms with Gasteiger partial charge in [0.15, 0.2) is 0 Å². The van der Waals surface area contributed by atoms with Gasteiger partial charge >= 0.3 is 0 Å². The van der Waals surface area contributed by atoms with Crippen LogP contribution in [0.1, 0.15) is 19.8 Å². The molecule has 4 heteroatoms. The molecule has 0 radical (unpaired) electrons. The average molecular weight is 128 g/mol. The molecule has 9 heavy (non-hydrogen) atoms. The Labute approximate surface area is 54.7 Å². The molecular weight excluding hydrogens is 116 g/mol. The lowest BCUT2D eigenvalue weighted by molar-refractivity contribution is 0.438. The van der Waals surface area contributed by atoms with Crippen LogP contribution < -0.4 is 11.3 Å². The highest BCUT2D eigenvalue weighted by Crippen LogP contribution is 1.97. The minimum absolute atomic E-state index is 0.648. The molecule has 0 saturated carbocycles. The molecule has 0 fully saturated rings. The van der Waals surface area contributed by atoms with E-state index in [0.717, 1.165) is 18.7 Å². The van der Waals surface area contributed by atoms with Gasteiger partial charge in [0.25, 0.3) is 0 Å². The third-order valence-electron chi connectivity index (χ3n) is 1.25. The van der Waals surface area contributed by atoms with Crippen LogP contribution in [0.4, 0.5) is 0 Å². The highest BCUT2D eigenvalue weighted by atomic mass is 15.6. The summed E-state index contributed by atoms with van der Waals surface area (Å²) >= 11 is 0. The van der Waals surface area contributed by atoms with Crippen LogP contribution in [0.15, 0.2) is 5.10 Å². The first kappa shape index (κ1) is 6.35. The Morgan fingerprint density at radius 1 is 1.89 bits per heavy atom. The molecule has 0 amide bonds. The summed E-state index contributed by atoms with van der Waals surface area (Å²) in [6.45, 7) is 2.75. The lowest BCUT2D eigenvalue weighted by Crippen LogP contribution is -2.35. The number of nitrogens with one attached hydrogen (secondary N) is 1. The van der Waals surface area contributed by atoms with Gasteiger partial charge in [-0.15, -0.1) is 0 Å². The van der Waals surface area contributed by atoms with Crippen molar-refractivity contribution in [2.24, 2.45) is 10.9 Å². The number of rotatable bonds is 2. The fourth-order valence-electron chi connectivity index (χ4n) is 0.781. The van der Waals surface area contributed by atoms with Gasteiger partial charge in [-0.25, -0.2) is 5.84 Å². The number of amidine groups is 1. The zero-order valence-corrected chi connectivity index (χ0v) is 5.59. The fraction of sp³-hybridized carbons (Fsp3) is 0.800. The third-order valence-corrected chi connectivity index (χ3v) is 1.25. The van der Waals surface area contributed by atoms with Gasteiger partial charge in [0.1, 0.15) is 12.5 Å². The minimum atomic E-state index is 0.648. The van der Waals surface area contributed by atoms with Crippen molar-refractivity contribution < 1.29 is 0 Å². The molecule has 52 valence electrons. The Balaban J connectivity index is 2.38. The number of hydrazine groups is 1. The molecule has 0 aromatic rings. The molecule has 0 saturated heterocycles. The largest absolute Gasteiger partial charge is 0.287 e. The SMILES string of the molecule is CCCC1=NNCN1N. The van der Waals surface area contributed by atoms with Crippen molar-refractivity contribution >= 4 is 5.84 Å². The van der Waals surface area contributed by atoms with Crippen molar-refractivity contribution in [3.05, 3.63) is 0 Å². The van der Waals surface area contributed by atoms with E-state index in [1.807, 2.05) is 0 Å². The zero-order chi connectivity index (χ0) is 6.69. The maximum atomic E-state index is 5.51. The van der Waals surface area contributed by atoms with E-state index < -0.39 is 0 Å². The second kappa shape index (κ2) is 2.68. The van der Waals surface area contributed by atoms with Crippen molar-refractivity contribution in [3.63, 3.8) is 0 Å². The summed E-state index contributed by atoms with van der Waals surface area (Å²) in [5.41, 5.74) is 2.80. The van der Waals surface area contributed by atoms with Crippen LogP contribution in [0.2, 0.25) is 0 Å². The van der Waals surface area contributed by atoms with Gasteiger partial charge in [-0.1, -0.05) is 6.92 Å². The molecular formula is C5H12N4. The molecule has 0 unspecified atom stereocenters. The second-order valence-electron chi connectivity index (χ2n) is 2.06. The Kier molecular flexibility index (Phi) is 1.89. The summed E-state index contributed by atoms with van der Waals surface area (Å²) in [6.07, 6.45) is 2.05. The summed E-state index contributed by atoms with van der Waals surface area (Å²) in [6, 6.07) is 0. The van der Waals surface area contributed by atoms with E-state index in [2.05, 4.69) is 17.5 Å². The minimum Gasteiger partial charge on any atom is -0.287 e. The van der Waals surface area contributed by atoms with Gasteiger partial charge in [-0.3, -0.25) is 10.4 Å². The first-order valence-electron chi connectivity index (χ1n) is 3.16. The predicted molar refractivity (Wildman–Crippen MR) is 36.4 cm³/mol. The third kappa shape index (κ3) is 1.32. The molecule has 0 atom stereocenters. The standard InChI is InChI=1S/C5H12N4/c1-2-3-5-8-7-4-9(5)6/h7H,2-4,6H2,1H3. The number of hydrazone groups is 1. The summed E-state index contributed by atoms with van der Waals surface area (Å²) in [5.74, 6) is 6.46. The van der Waals surface area contributed by atoms with Gasteiger partial charge in [0.05, 0.1) is 0 Å². The van der Waals surface area contributed by atoms with E-state index >= 15 is 0 Å². The van der Waals surface area contributed by atoms with Gasteiger partial charge in [0.2, 0.25) is 0 Å². The van der Waals surface area contributed by atoms with E-state index in [-0.39, 0.29) is 0 Å². The summed E-state index contributed by atoms with van der Waals surface area (Å²) in [4.78, 5) is 0. The van der Waals surface area contributed by atoms with E-state index in [9.17, 15) is 0 Å². The predicted octanol–water partition coefficient (Wildman–Crippen LogP) is -0.164. The van der Waals surface area contributed by atoms with E-state index in [4.69, 9.17) is 5.84 Å². The molecule has 0 aliphatic carbocycles. The van der Waals surface area contributed by atoms with Crippen molar-refractivity contribution in [1.82, 2.24) is 10.4 Å². The van der Waals surface area contributed by atoms with Crippen LogP contribution in [0.3, 0.4) is 0 Å². The fourth-order valence-corrected chi connectivity index (χ4v) is 0.781. The maximum absolute atomic E-state index is 5.51. The van der Waals surface area contributed by atoms with Crippen molar-refractivity contribution in [1.29, 1.82) is 0 Å². The Morgan fingerprint density at radius 3 is 3.11 bits per heavy atom. The average Bonchev–Trinajstić information content (AvgIpc) is 2.18. The first-order chi connectivity index (χ1) is 4.34.